The molecule has 29 heavy (non-hydrogen) atoms. The van der Waals surface area contributed by atoms with E-state index >= 15 is 0 Å². The number of aromatic nitrogens is 1. The quantitative estimate of drug-likeness (QED) is 0.621. The van der Waals surface area contributed by atoms with E-state index in [0.29, 0.717) is 17.0 Å². The van der Waals surface area contributed by atoms with Gasteiger partial charge in [0.1, 0.15) is 5.75 Å². The van der Waals surface area contributed by atoms with Gasteiger partial charge in [-0.25, -0.2) is 8.42 Å². The Morgan fingerprint density at radius 1 is 1.00 bits per heavy atom. The lowest BCUT2D eigenvalue weighted by Crippen LogP contribution is -2.27. The summed E-state index contributed by atoms with van der Waals surface area (Å²) in [4.78, 5) is 16.7. The summed E-state index contributed by atoms with van der Waals surface area (Å²) in [6.07, 6.45) is 1.66. The Morgan fingerprint density at radius 3 is 2.28 bits per heavy atom. The van der Waals surface area contributed by atoms with E-state index in [1.165, 1.54) is 31.4 Å². The SMILES string of the molecule is COc1ccc(NS(=O)(=O)c2ccc(C(=O)NC(C)c3ccccn3)cc2)cc1. The Morgan fingerprint density at radius 2 is 1.69 bits per heavy atom. The van der Waals surface area contributed by atoms with Crippen LogP contribution in [0.25, 0.3) is 0 Å². The summed E-state index contributed by atoms with van der Waals surface area (Å²) in [5, 5.41) is 2.84. The van der Waals surface area contributed by atoms with Crippen LogP contribution >= 0.6 is 0 Å². The number of methoxy groups -OCH3 is 1. The van der Waals surface area contributed by atoms with Crippen molar-refractivity contribution in [2.45, 2.75) is 17.9 Å². The van der Waals surface area contributed by atoms with E-state index in [9.17, 15) is 13.2 Å². The van der Waals surface area contributed by atoms with Crippen LogP contribution in [0, 0.1) is 0 Å². The lowest BCUT2D eigenvalue weighted by Gasteiger charge is -2.13. The molecule has 0 aliphatic heterocycles. The second kappa shape index (κ2) is 8.74. The minimum Gasteiger partial charge on any atom is -0.497 e. The molecule has 0 spiro atoms. The maximum Gasteiger partial charge on any atom is 0.261 e. The van der Waals surface area contributed by atoms with Crippen molar-refractivity contribution in [2.24, 2.45) is 0 Å². The first-order chi connectivity index (χ1) is 13.9. The second-order valence-corrected chi connectivity index (χ2v) is 7.99. The van der Waals surface area contributed by atoms with Gasteiger partial charge in [-0.05, 0) is 67.6 Å². The molecule has 1 heterocycles. The zero-order valence-electron chi connectivity index (χ0n) is 16.0. The number of amides is 1. The molecule has 0 aliphatic rings. The summed E-state index contributed by atoms with van der Waals surface area (Å²) in [7, 11) is -2.24. The summed E-state index contributed by atoms with van der Waals surface area (Å²) in [5.41, 5.74) is 1.51. The number of nitrogens with zero attached hydrogens (tertiary/aromatic N) is 1. The Labute approximate surface area is 169 Å². The highest BCUT2D eigenvalue weighted by Gasteiger charge is 2.16. The molecule has 2 aromatic carbocycles. The normalized spacial score (nSPS) is 12.1. The van der Waals surface area contributed by atoms with Gasteiger partial charge in [-0.2, -0.15) is 0 Å². The van der Waals surface area contributed by atoms with Crippen LogP contribution in [0.1, 0.15) is 29.0 Å². The number of carbonyl (C=O) groups excluding carboxylic acids is 1. The molecule has 0 saturated heterocycles. The van der Waals surface area contributed by atoms with Gasteiger partial charge >= 0.3 is 0 Å². The van der Waals surface area contributed by atoms with Crippen LogP contribution in [-0.4, -0.2) is 26.4 Å². The molecule has 3 aromatic rings. The molecule has 0 fully saturated rings. The van der Waals surface area contributed by atoms with Gasteiger partial charge in [-0.15, -0.1) is 0 Å². The number of hydrogen-bond donors (Lipinski definition) is 2. The van der Waals surface area contributed by atoms with E-state index < -0.39 is 10.0 Å². The molecule has 0 aliphatic carbocycles. The number of anilines is 1. The largest absolute Gasteiger partial charge is 0.497 e. The molecule has 1 unspecified atom stereocenters. The number of ether oxygens (including phenoxy) is 1. The molecule has 0 radical (unpaired) electrons. The topological polar surface area (TPSA) is 97.4 Å². The van der Waals surface area contributed by atoms with Gasteiger partial charge in [0.05, 0.1) is 23.7 Å². The minimum atomic E-state index is -3.77. The molecule has 8 heteroatoms. The van der Waals surface area contributed by atoms with E-state index in [4.69, 9.17) is 4.74 Å². The van der Waals surface area contributed by atoms with E-state index in [0.717, 1.165) is 5.69 Å². The summed E-state index contributed by atoms with van der Waals surface area (Å²) >= 11 is 0. The predicted octanol–water partition coefficient (Wildman–Crippen LogP) is 3.38. The molecule has 0 bridgehead atoms. The van der Waals surface area contributed by atoms with Crippen LogP contribution in [0.5, 0.6) is 5.75 Å². The van der Waals surface area contributed by atoms with Crippen molar-refractivity contribution in [1.29, 1.82) is 0 Å². The lowest BCUT2D eigenvalue weighted by atomic mass is 10.1. The van der Waals surface area contributed by atoms with Crippen LogP contribution in [0.15, 0.2) is 77.8 Å². The molecular weight excluding hydrogens is 390 g/mol. The highest BCUT2D eigenvalue weighted by molar-refractivity contribution is 7.92. The summed E-state index contributed by atoms with van der Waals surface area (Å²) in [6, 6.07) is 17.5. The second-order valence-electron chi connectivity index (χ2n) is 6.31. The van der Waals surface area contributed by atoms with Crippen LogP contribution in [0.4, 0.5) is 5.69 Å². The minimum absolute atomic E-state index is 0.0580. The maximum atomic E-state index is 12.5. The smallest absolute Gasteiger partial charge is 0.261 e. The number of hydrogen-bond acceptors (Lipinski definition) is 5. The molecule has 7 nitrogen and oxygen atoms in total. The number of pyridine rings is 1. The number of nitrogens with one attached hydrogen (secondary N) is 2. The molecule has 1 atom stereocenters. The van der Waals surface area contributed by atoms with Gasteiger partial charge in [0.25, 0.3) is 15.9 Å². The van der Waals surface area contributed by atoms with E-state index in [1.807, 2.05) is 19.1 Å². The fraction of sp³-hybridized carbons (Fsp3) is 0.143. The first kappa shape index (κ1) is 20.3. The van der Waals surface area contributed by atoms with Crippen LogP contribution in [0.2, 0.25) is 0 Å². The number of carbonyl (C=O) groups is 1. The standard InChI is InChI=1S/C21H21N3O4S/c1-15(20-5-3-4-14-22-20)23-21(25)16-6-12-19(13-7-16)29(26,27)24-17-8-10-18(28-2)11-9-17/h3-15,24H,1-2H3,(H,23,25). The molecule has 3 rings (SSSR count). The van der Waals surface area contributed by atoms with Gasteiger partial charge in [0.2, 0.25) is 0 Å². The fourth-order valence-electron chi connectivity index (χ4n) is 2.64. The monoisotopic (exact) mass is 411 g/mol. The van der Waals surface area contributed by atoms with E-state index in [1.54, 1.807) is 36.5 Å². The van der Waals surface area contributed by atoms with Crippen molar-refractivity contribution in [1.82, 2.24) is 10.3 Å². The van der Waals surface area contributed by atoms with Crippen molar-refractivity contribution in [2.75, 3.05) is 11.8 Å². The van der Waals surface area contributed by atoms with Crippen molar-refractivity contribution >= 4 is 21.6 Å². The summed E-state index contributed by atoms with van der Waals surface area (Å²) < 4.78 is 32.6. The highest BCUT2D eigenvalue weighted by Crippen LogP contribution is 2.20. The molecular formula is C21H21N3O4S. The Balaban J connectivity index is 1.68. The van der Waals surface area contributed by atoms with Crippen molar-refractivity contribution in [3.8, 4) is 5.75 Å². The average Bonchev–Trinajstić information content (AvgIpc) is 2.74. The first-order valence-corrected chi connectivity index (χ1v) is 10.4. The predicted molar refractivity (Wildman–Crippen MR) is 110 cm³/mol. The highest BCUT2D eigenvalue weighted by atomic mass is 32.2. The van der Waals surface area contributed by atoms with Crippen LogP contribution < -0.4 is 14.8 Å². The van der Waals surface area contributed by atoms with E-state index in [2.05, 4.69) is 15.0 Å². The van der Waals surface area contributed by atoms with Crippen molar-refractivity contribution in [3.63, 3.8) is 0 Å². The number of rotatable bonds is 7. The Bertz CT molecular complexity index is 1070. The van der Waals surface area contributed by atoms with Crippen LogP contribution in [-0.2, 0) is 10.0 Å². The van der Waals surface area contributed by atoms with Gasteiger partial charge in [-0.3, -0.25) is 14.5 Å². The first-order valence-electron chi connectivity index (χ1n) is 8.88. The van der Waals surface area contributed by atoms with E-state index in [-0.39, 0.29) is 16.8 Å². The van der Waals surface area contributed by atoms with Gasteiger partial charge < -0.3 is 10.1 Å². The zero-order chi connectivity index (χ0) is 20.9. The summed E-state index contributed by atoms with van der Waals surface area (Å²) in [5.74, 6) is 0.318. The van der Waals surface area contributed by atoms with Gasteiger partial charge in [-0.1, -0.05) is 6.07 Å². The molecule has 1 amide bonds. The molecule has 2 N–H and O–H groups in total. The van der Waals surface area contributed by atoms with Crippen LogP contribution in [0.3, 0.4) is 0 Å². The zero-order valence-corrected chi connectivity index (χ0v) is 16.8. The third-order valence-corrected chi connectivity index (χ3v) is 5.65. The van der Waals surface area contributed by atoms with Gasteiger partial charge in [0, 0.05) is 17.4 Å². The Kier molecular flexibility index (Phi) is 6.13. The van der Waals surface area contributed by atoms with Gasteiger partial charge in [0.15, 0.2) is 0 Å². The van der Waals surface area contributed by atoms with Crippen molar-refractivity contribution < 1.29 is 17.9 Å². The third kappa shape index (κ3) is 5.11. The maximum absolute atomic E-state index is 12.5. The third-order valence-electron chi connectivity index (χ3n) is 4.25. The lowest BCUT2D eigenvalue weighted by molar-refractivity contribution is 0.0939. The summed E-state index contributed by atoms with van der Waals surface area (Å²) in [6.45, 7) is 1.83. The Hall–Kier alpha value is -3.39. The molecule has 150 valence electrons. The number of benzene rings is 2. The fourth-order valence-corrected chi connectivity index (χ4v) is 3.70. The van der Waals surface area contributed by atoms with Crippen molar-refractivity contribution in [3.05, 3.63) is 84.2 Å². The number of sulfonamides is 1. The molecule has 1 aromatic heterocycles. The average molecular weight is 411 g/mol. The molecule has 0 saturated carbocycles.